The molecule has 1 aromatic carbocycles. The maximum Gasteiger partial charge on any atom is 0.311 e. The third-order valence-corrected chi connectivity index (χ3v) is 3.95. The van der Waals surface area contributed by atoms with Gasteiger partial charge < -0.3 is 4.74 Å². The first-order valence-electron chi connectivity index (χ1n) is 6.85. The lowest BCUT2D eigenvalue weighted by atomic mass is 9.77. The SMILES string of the molecule is CC(=O)C1(CCC(=O)Oc2ccccc2)CCCC1=O. The van der Waals surface area contributed by atoms with E-state index in [0.717, 1.165) is 6.42 Å². The van der Waals surface area contributed by atoms with Crippen LogP contribution in [0.4, 0.5) is 0 Å². The van der Waals surface area contributed by atoms with Gasteiger partial charge in [-0.15, -0.1) is 0 Å². The van der Waals surface area contributed by atoms with Crippen LogP contribution in [0.3, 0.4) is 0 Å². The van der Waals surface area contributed by atoms with Crippen molar-refractivity contribution in [3.05, 3.63) is 30.3 Å². The fourth-order valence-corrected chi connectivity index (χ4v) is 2.73. The zero-order valence-electron chi connectivity index (χ0n) is 11.6. The van der Waals surface area contributed by atoms with E-state index < -0.39 is 11.4 Å². The summed E-state index contributed by atoms with van der Waals surface area (Å²) in [5, 5.41) is 0. The number of para-hydroxylation sites is 1. The Morgan fingerprint density at radius 3 is 2.50 bits per heavy atom. The van der Waals surface area contributed by atoms with E-state index in [0.29, 0.717) is 18.6 Å². The predicted octanol–water partition coefficient (Wildman–Crippen LogP) is 2.70. The quantitative estimate of drug-likeness (QED) is 0.470. The lowest BCUT2D eigenvalue weighted by Crippen LogP contribution is -2.34. The average molecular weight is 274 g/mol. The second-order valence-corrected chi connectivity index (χ2v) is 5.20. The van der Waals surface area contributed by atoms with E-state index in [1.807, 2.05) is 6.07 Å². The number of hydrogen-bond donors (Lipinski definition) is 0. The van der Waals surface area contributed by atoms with Crippen molar-refractivity contribution in [1.29, 1.82) is 0 Å². The second kappa shape index (κ2) is 5.99. The number of ether oxygens (including phenoxy) is 1. The Labute approximate surface area is 118 Å². The van der Waals surface area contributed by atoms with Crippen molar-refractivity contribution in [3.63, 3.8) is 0 Å². The molecule has 20 heavy (non-hydrogen) atoms. The summed E-state index contributed by atoms with van der Waals surface area (Å²) in [4.78, 5) is 35.5. The van der Waals surface area contributed by atoms with Gasteiger partial charge in [0, 0.05) is 12.8 Å². The molecule has 2 rings (SSSR count). The van der Waals surface area contributed by atoms with Crippen molar-refractivity contribution < 1.29 is 19.1 Å². The molecule has 0 heterocycles. The Bertz CT molecular complexity index is 521. The van der Waals surface area contributed by atoms with Gasteiger partial charge in [-0.3, -0.25) is 14.4 Å². The molecule has 1 atom stereocenters. The van der Waals surface area contributed by atoms with Gasteiger partial charge in [-0.25, -0.2) is 0 Å². The average Bonchev–Trinajstić information content (AvgIpc) is 2.80. The van der Waals surface area contributed by atoms with Gasteiger partial charge >= 0.3 is 5.97 Å². The zero-order chi connectivity index (χ0) is 14.6. The number of benzene rings is 1. The number of ketones is 2. The van der Waals surface area contributed by atoms with Crippen LogP contribution in [0.2, 0.25) is 0 Å². The molecule has 106 valence electrons. The molecule has 0 aromatic heterocycles. The summed E-state index contributed by atoms with van der Waals surface area (Å²) >= 11 is 0. The van der Waals surface area contributed by atoms with Gasteiger partial charge in [-0.2, -0.15) is 0 Å². The number of hydrogen-bond acceptors (Lipinski definition) is 4. The van der Waals surface area contributed by atoms with Crippen LogP contribution in [0.5, 0.6) is 5.75 Å². The van der Waals surface area contributed by atoms with Gasteiger partial charge in [0.2, 0.25) is 0 Å². The Morgan fingerprint density at radius 2 is 1.95 bits per heavy atom. The Hall–Kier alpha value is -1.97. The molecule has 0 N–H and O–H groups in total. The predicted molar refractivity (Wildman–Crippen MR) is 73.3 cm³/mol. The smallest absolute Gasteiger partial charge is 0.311 e. The molecule has 1 aliphatic carbocycles. The van der Waals surface area contributed by atoms with E-state index in [2.05, 4.69) is 0 Å². The normalized spacial score (nSPS) is 21.8. The van der Waals surface area contributed by atoms with Gasteiger partial charge in [-0.05, 0) is 38.3 Å². The number of carbonyl (C=O) groups is 3. The lowest BCUT2D eigenvalue weighted by molar-refractivity contribution is -0.139. The summed E-state index contributed by atoms with van der Waals surface area (Å²) in [6, 6.07) is 8.78. The van der Waals surface area contributed by atoms with Crippen LogP contribution in [0.25, 0.3) is 0 Å². The molecule has 1 fully saturated rings. The molecular formula is C16H18O4. The molecule has 0 aliphatic heterocycles. The fraction of sp³-hybridized carbons (Fsp3) is 0.438. The van der Waals surface area contributed by atoms with Crippen LogP contribution in [0.15, 0.2) is 30.3 Å². The summed E-state index contributed by atoms with van der Waals surface area (Å²) in [5.41, 5.74) is -0.949. The second-order valence-electron chi connectivity index (χ2n) is 5.20. The van der Waals surface area contributed by atoms with Crippen molar-refractivity contribution in [2.45, 2.75) is 39.0 Å². The highest BCUT2D eigenvalue weighted by molar-refractivity contribution is 6.07. The van der Waals surface area contributed by atoms with Gasteiger partial charge in [0.15, 0.2) is 0 Å². The molecular weight excluding hydrogens is 256 g/mol. The number of Topliss-reactive ketones (excluding diaryl/α,β-unsaturated/α-hetero) is 2. The van der Waals surface area contributed by atoms with Crippen LogP contribution in [0, 0.1) is 5.41 Å². The molecule has 4 nitrogen and oxygen atoms in total. The molecule has 0 spiro atoms. The minimum absolute atomic E-state index is 0.0301. The number of rotatable bonds is 5. The molecule has 0 bridgehead atoms. The van der Waals surface area contributed by atoms with Crippen molar-refractivity contribution in [3.8, 4) is 5.75 Å². The Morgan fingerprint density at radius 1 is 1.25 bits per heavy atom. The van der Waals surface area contributed by atoms with E-state index >= 15 is 0 Å². The van der Waals surface area contributed by atoms with E-state index in [1.165, 1.54) is 6.92 Å². The molecule has 1 aliphatic rings. The maximum atomic E-state index is 11.9. The first kappa shape index (κ1) is 14.4. The third kappa shape index (κ3) is 2.95. The zero-order valence-corrected chi connectivity index (χ0v) is 11.6. The summed E-state index contributed by atoms with van der Waals surface area (Å²) in [6.45, 7) is 1.44. The minimum Gasteiger partial charge on any atom is -0.427 e. The summed E-state index contributed by atoms with van der Waals surface area (Å²) in [6.07, 6.45) is 2.06. The largest absolute Gasteiger partial charge is 0.427 e. The maximum absolute atomic E-state index is 11.9. The molecule has 0 radical (unpaired) electrons. The van der Waals surface area contributed by atoms with Crippen molar-refractivity contribution in [2.24, 2.45) is 5.41 Å². The molecule has 4 heteroatoms. The topological polar surface area (TPSA) is 60.4 Å². The van der Waals surface area contributed by atoms with E-state index in [4.69, 9.17) is 4.74 Å². The summed E-state index contributed by atoms with van der Waals surface area (Å²) < 4.78 is 5.17. The molecule has 1 saturated carbocycles. The Balaban J connectivity index is 1.95. The van der Waals surface area contributed by atoms with Gasteiger partial charge in [0.05, 0.1) is 5.41 Å². The fourth-order valence-electron chi connectivity index (χ4n) is 2.73. The molecule has 0 saturated heterocycles. The molecule has 1 unspecified atom stereocenters. The number of carbonyl (C=O) groups excluding carboxylic acids is 3. The van der Waals surface area contributed by atoms with Crippen LogP contribution in [-0.4, -0.2) is 17.5 Å². The van der Waals surface area contributed by atoms with E-state index in [9.17, 15) is 14.4 Å². The van der Waals surface area contributed by atoms with Crippen LogP contribution >= 0.6 is 0 Å². The number of esters is 1. The standard InChI is InChI=1S/C16H18O4/c1-12(17)16(10-5-8-14(16)18)11-9-15(19)20-13-6-3-2-4-7-13/h2-4,6-7H,5,8-11H2,1H3. The van der Waals surface area contributed by atoms with Gasteiger partial charge in [-0.1, -0.05) is 18.2 Å². The first-order valence-corrected chi connectivity index (χ1v) is 6.85. The first-order chi connectivity index (χ1) is 9.54. The highest BCUT2D eigenvalue weighted by atomic mass is 16.5. The Kier molecular flexibility index (Phi) is 4.32. The lowest BCUT2D eigenvalue weighted by Gasteiger charge is -2.23. The molecule has 0 amide bonds. The van der Waals surface area contributed by atoms with Crippen LogP contribution in [0.1, 0.15) is 39.0 Å². The van der Waals surface area contributed by atoms with Crippen molar-refractivity contribution in [2.75, 3.05) is 0 Å². The highest BCUT2D eigenvalue weighted by Crippen LogP contribution is 2.40. The van der Waals surface area contributed by atoms with Crippen LogP contribution in [-0.2, 0) is 14.4 Å². The van der Waals surface area contributed by atoms with E-state index in [-0.39, 0.29) is 24.4 Å². The van der Waals surface area contributed by atoms with Crippen molar-refractivity contribution >= 4 is 17.5 Å². The monoisotopic (exact) mass is 274 g/mol. The minimum atomic E-state index is -0.949. The van der Waals surface area contributed by atoms with Gasteiger partial charge in [0.1, 0.15) is 17.3 Å². The summed E-state index contributed by atoms with van der Waals surface area (Å²) in [7, 11) is 0. The van der Waals surface area contributed by atoms with Gasteiger partial charge in [0.25, 0.3) is 0 Å². The van der Waals surface area contributed by atoms with Crippen molar-refractivity contribution in [1.82, 2.24) is 0 Å². The highest BCUT2D eigenvalue weighted by Gasteiger charge is 2.45. The summed E-state index contributed by atoms with van der Waals surface area (Å²) in [5.74, 6) is -0.0892. The third-order valence-electron chi connectivity index (χ3n) is 3.95. The molecule has 1 aromatic rings. The van der Waals surface area contributed by atoms with E-state index in [1.54, 1.807) is 24.3 Å². The van der Waals surface area contributed by atoms with Crippen LogP contribution < -0.4 is 4.74 Å².